The quantitative estimate of drug-likeness (QED) is 0.477. The minimum Gasteiger partial charge on any atom is -0.464 e. The monoisotopic (exact) mass is 327 g/mol. The average Bonchev–Trinajstić information content (AvgIpc) is 2.52. The zero-order chi connectivity index (χ0) is 17.0. The number of hydrogen-bond acceptors (Lipinski definition) is 3. The summed E-state index contributed by atoms with van der Waals surface area (Å²) in [7, 11) is -0.218. The molecule has 0 atom stereocenters. The molecule has 0 fully saturated rings. The summed E-state index contributed by atoms with van der Waals surface area (Å²) in [5.74, 6) is 1.68. The molecule has 0 aliphatic carbocycles. The van der Waals surface area contributed by atoms with Crippen molar-refractivity contribution in [1.29, 1.82) is 0 Å². The Balaban J connectivity index is 2.33. The van der Waals surface area contributed by atoms with Crippen LogP contribution in [0.2, 0.25) is 19.6 Å². The van der Waals surface area contributed by atoms with E-state index in [4.69, 9.17) is 0 Å². The van der Waals surface area contributed by atoms with E-state index in [0.29, 0.717) is 5.69 Å². The minimum atomic E-state index is -1.41. The molecule has 3 nitrogen and oxygen atoms in total. The SMILES string of the molecule is COC(=O)c1nc(-c2ccc(C#C[Si](C)(C)C)cc2)ccc1F. The fourth-order valence-corrected chi connectivity index (χ4v) is 2.35. The number of methoxy groups -OCH3 is 1. The highest BCUT2D eigenvalue weighted by Gasteiger charge is 2.15. The van der Waals surface area contributed by atoms with E-state index in [1.54, 1.807) is 0 Å². The summed E-state index contributed by atoms with van der Waals surface area (Å²) in [5, 5.41) is 0. The Labute approximate surface area is 136 Å². The number of benzene rings is 1. The van der Waals surface area contributed by atoms with E-state index < -0.39 is 19.9 Å². The molecule has 0 unspecified atom stereocenters. The molecule has 0 saturated heterocycles. The van der Waals surface area contributed by atoms with E-state index >= 15 is 0 Å². The van der Waals surface area contributed by atoms with Gasteiger partial charge in [-0.3, -0.25) is 0 Å². The Morgan fingerprint density at radius 3 is 2.35 bits per heavy atom. The Morgan fingerprint density at radius 2 is 1.78 bits per heavy atom. The lowest BCUT2D eigenvalue weighted by molar-refractivity contribution is 0.0588. The van der Waals surface area contributed by atoms with Crippen LogP contribution in [0.25, 0.3) is 11.3 Å². The highest BCUT2D eigenvalue weighted by Crippen LogP contribution is 2.19. The molecule has 1 heterocycles. The maximum Gasteiger partial charge on any atom is 0.359 e. The van der Waals surface area contributed by atoms with E-state index in [9.17, 15) is 9.18 Å². The normalized spacial score (nSPS) is 10.7. The molecule has 5 heteroatoms. The van der Waals surface area contributed by atoms with Crippen LogP contribution < -0.4 is 0 Å². The van der Waals surface area contributed by atoms with Crippen molar-refractivity contribution in [3.8, 4) is 22.7 Å². The van der Waals surface area contributed by atoms with Crippen molar-refractivity contribution in [2.45, 2.75) is 19.6 Å². The van der Waals surface area contributed by atoms with Crippen molar-refractivity contribution >= 4 is 14.0 Å². The standard InChI is InChI=1S/C18H18FNO2Si/c1-22-18(21)17-15(19)9-10-16(20-17)14-7-5-13(6-8-14)11-12-23(2,3)4/h5-10H,1-4H3. The van der Waals surface area contributed by atoms with Gasteiger partial charge in [0.2, 0.25) is 0 Å². The van der Waals surface area contributed by atoms with Gasteiger partial charge in [-0.05, 0) is 24.3 Å². The fourth-order valence-electron chi connectivity index (χ4n) is 1.83. The third kappa shape index (κ3) is 4.51. The summed E-state index contributed by atoms with van der Waals surface area (Å²) in [6.45, 7) is 6.56. The van der Waals surface area contributed by atoms with E-state index in [2.05, 4.69) is 40.8 Å². The van der Waals surface area contributed by atoms with Gasteiger partial charge in [-0.2, -0.15) is 0 Å². The molecule has 23 heavy (non-hydrogen) atoms. The van der Waals surface area contributed by atoms with Gasteiger partial charge >= 0.3 is 5.97 Å². The molecule has 0 N–H and O–H groups in total. The predicted molar refractivity (Wildman–Crippen MR) is 91.2 cm³/mol. The van der Waals surface area contributed by atoms with Crippen molar-refractivity contribution < 1.29 is 13.9 Å². The van der Waals surface area contributed by atoms with E-state index in [1.807, 2.05) is 24.3 Å². The first-order valence-electron chi connectivity index (χ1n) is 7.18. The molecule has 0 aliphatic rings. The van der Waals surface area contributed by atoms with E-state index in [1.165, 1.54) is 19.2 Å². The molecular formula is C18H18FNO2Si. The van der Waals surface area contributed by atoms with Crippen LogP contribution in [0.4, 0.5) is 4.39 Å². The molecule has 2 rings (SSSR count). The maximum absolute atomic E-state index is 13.6. The number of rotatable bonds is 2. The second-order valence-electron chi connectivity index (χ2n) is 6.10. The number of hydrogen-bond donors (Lipinski definition) is 0. The molecule has 1 aromatic carbocycles. The molecule has 2 aromatic rings. The van der Waals surface area contributed by atoms with Crippen LogP contribution in [0.15, 0.2) is 36.4 Å². The van der Waals surface area contributed by atoms with Crippen molar-refractivity contribution in [2.24, 2.45) is 0 Å². The highest BCUT2D eigenvalue weighted by molar-refractivity contribution is 6.83. The van der Waals surface area contributed by atoms with Crippen molar-refractivity contribution in [3.63, 3.8) is 0 Å². The maximum atomic E-state index is 13.6. The van der Waals surface area contributed by atoms with Gasteiger partial charge in [-0.25, -0.2) is 14.2 Å². The van der Waals surface area contributed by atoms with Gasteiger partial charge in [0.25, 0.3) is 0 Å². The molecule has 0 radical (unpaired) electrons. The van der Waals surface area contributed by atoms with Crippen LogP contribution in [0, 0.1) is 17.3 Å². The lowest BCUT2D eigenvalue weighted by Gasteiger charge is -2.05. The average molecular weight is 327 g/mol. The molecular weight excluding hydrogens is 309 g/mol. The topological polar surface area (TPSA) is 39.2 Å². The minimum absolute atomic E-state index is 0.312. The first kappa shape index (κ1) is 16.9. The molecule has 0 aliphatic heterocycles. The van der Waals surface area contributed by atoms with Crippen LogP contribution >= 0.6 is 0 Å². The highest BCUT2D eigenvalue weighted by atomic mass is 28.3. The van der Waals surface area contributed by atoms with Gasteiger partial charge in [0, 0.05) is 11.1 Å². The molecule has 0 saturated carbocycles. The molecule has 0 amide bonds. The van der Waals surface area contributed by atoms with Crippen LogP contribution in [-0.4, -0.2) is 26.1 Å². The van der Waals surface area contributed by atoms with Crippen LogP contribution in [0.1, 0.15) is 16.1 Å². The second-order valence-corrected chi connectivity index (χ2v) is 10.8. The summed E-state index contributed by atoms with van der Waals surface area (Å²) in [4.78, 5) is 15.6. The van der Waals surface area contributed by atoms with E-state index in [0.717, 1.165) is 11.1 Å². The summed E-state index contributed by atoms with van der Waals surface area (Å²) < 4.78 is 18.2. The number of nitrogens with zero attached hydrogens (tertiary/aromatic N) is 1. The van der Waals surface area contributed by atoms with Crippen LogP contribution in [-0.2, 0) is 4.74 Å². The van der Waals surface area contributed by atoms with Gasteiger partial charge in [-0.1, -0.05) is 37.7 Å². The van der Waals surface area contributed by atoms with Gasteiger partial charge in [0.05, 0.1) is 12.8 Å². The number of pyridine rings is 1. The first-order chi connectivity index (χ1) is 10.8. The summed E-state index contributed by atoms with van der Waals surface area (Å²) in [6.07, 6.45) is 0. The first-order valence-corrected chi connectivity index (χ1v) is 10.7. The van der Waals surface area contributed by atoms with Gasteiger partial charge in [0.1, 0.15) is 8.07 Å². The van der Waals surface area contributed by atoms with Crippen LogP contribution in [0.5, 0.6) is 0 Å². The zero-order valence-corrected chi connectivity index (χ0v) is 14.6. The number of aromatic nitrogens is 1. The predicted octanol–water partition coefficient (Wildman–Crippen LogP) is 3.90. The third-order valence-electron chi connectivity index (χ3n) is 2.99. The van der Waals surface area contributed by atoms with Crippen LogP contribution in [0.3, 0.4) is 0 Å². The van der Waals surface area contributed by atoms with E-state index in [-0.39, 0.29) is 5.69 Å². The van der Waals surface area contributed by atoms with Gasteiger partial charge in [-0.15, -0.1) is 5.54 Å². The Kier molecular flexibility index (Phi) is 4.97. The molecule has 0 spiro atoms. The summed E-state index contributed by atoms with van der Waals surface area (Å²) in [5.41, 5.74) is 5.21. The number of halogens is 1. The second kappa shape index (κ2) is 6.76. The summed E-state index contributed by atoms with van der Waals surface area (Å²) in [6, 6.07) is 10.2. The van der Waals surface area contributed by atoms with Crippen molar-refractivity contribution in [3.05, 3.63) is 53.5 Å². The van der Waals surface area contributed by atoms with Gasteiger partial charge < -0.3 is 4.74 Å². The third-order valence-corrected chi connectivity index (χ3v) is 3.86. The number of esters is 1. The Bertz CT molecular complexity index is 783. The smallest absolute Gasteiger partial charge is 0.359 e. The number of ether oxygens (including phenoxy) is 1. The lowest BCUT2D eigenvalue weighted by Crippen LogP contribution is -2.16. The molecule has 118 valence electrons. The fraction of sp³-hybridized carbons (Fsp3) is 0.222. The Morgan fingerprint density at radius 1 is 1.13 bits per heavy atom. The zero-order valence-electron chi connectivity index (χ0n) is 13.6. The largest absolute Gasteiger partial charge is 0.464 e. The summed E-state index contributed by atoms with van der Waals surface area (Å²) >= 11 is 0. The van der Waals surface area contributed by atoms with Gasteiger partial charge in [0.15, 0.2) is 11.5 Å². The van der Waals surface area contributed by atoms with Crippen molar-refractivity contribution in [1.82, 2.24) is 4.98 Å². The number of carbonyl (C=O) groups excluding carboxylic acids is 1. The Hall–Kier alpha value is -2.45. The molecule has 0 bridgehead atoms. The molecule has 1 aromatic heterocycles. The van der Waals surface area contributed by atoms with Crippen molar-refractivity contribution in [2.75, 3.05) is 7.11 Å². The lowest BCUT2D eigenvalue weighted by atomic mass is 10.1. The number of carbonyl (C=O) groups is 1.